The summed E-state index contributed by atoms with van der Waals surface area (Å²) in [6, 6.07) is 17.8. The number of nitrogens with one attached hydrogen (secondary N) is 1. The third kappa shape index (κ3) is 4.27. The van der Waals surface area contributed by atoms with Crippen LogP contribution >= 0.6 is 0 Å². The first kappa shape index (κ1) is 17.6. The molecule has 2 aromatic carbocycles. The van der Waals surface area contributed by atoms with Gasteiger partial charge in [0.05, 0.1) is 13.2 Å². The van der Waals surface area contributed by atoms with Gasteiger partial charge in [-0.2, -0.15) is 0 Å². The van der Waals surface area contributed by atoms with Gasteiger partial charge in [-0.15, -0.1) is 0 Å². The molecule has 0 aliphatic carbocycles. The van der Waals surface area contributed by atoms with Crippen LogP contribution in [-0.4, -0.2) is 49.2 Å². The van der Waals surface area contributed by atoms with E-state index in [0.29, 0.717) is 12.1 Å². The SMILES string of the molecule is CC(C)(CNC(=O)c1ccccc1-c1ccccc1)N1CCOCC1. The number of rotatable bonds is 5. The quantitative estimate of drug-likeness (QED) is 0.910. The number of hydrogen-bond donors (Lipinski definition) is 1. The normalized spacial score (nSPS) is 15.8. The van der Waals surface area contributed by atoms with Crippen LogP contribution in [-0.2, 0) is 4.74 Å². The van der Waals surface area contributed by atoms with Gasteiger partial charge < -0.3 is 10.1 Å². The van der Waals surface area contributed by atoms with Crippen molar-refractivity contribution in [3.8, 4) is 11.1 Å². The topological polar surface area (TPSA) is 41.6 Å². The van der Waals surface area contributed by atoms with E-state index in [1.54, 1.807) is 0 Å². The third-order valence-electron chi connectivity index (χ3n) is 4.81. The number of morpholine rings is 1. The van der Waals surface area contributed by atoms with E-state index in [9.17, 15) is 4.79 Å². The summed E-state index contributed by atoms with van der Waals surface area (Å²) in [6.45, 7) is 8.27. The summed E-state index contributed by atoms with van der Waals surface area (Å²) in [7, 11) is 0. The Hall–Kier alpha value is -2.17. The van der Waals surface area contributed by atoms with Gasteiger partial charge in [-0.3, -0.25) is 9.69 Å². The molecule has 0 unspecified atom stereocenters. The Morgan fingerprint density at radius 2 is 1.68 bits per heavy atom. The first-order chi connectivity index (χ1) is 12.1. The summed E-state index contributed by atoms with van der Waals surface area (Å²) in [5.41, 5.74) is 2.64. The fourth-order valence-electron chi connectivity index (χ4n) is 3.22. The summed E-state index contributed by atoms with van der Waals surface area (Å²) >= 11 is 0. The Kier molecular flexibility index (Phi) is 5.51. The molecule has 1 N–H and O–H groups in total. The highest BCUT2D eigenvalue weighted by Gasteiger charge is 2.28. The average Bonchev–Trinajstić information content (AvgIpc) is 2.67. The van der Waals surface area contributed by atoms with Gasteiger partial charge in [0, 0.05) is 30.7 Å². The molecule has 1 saturated heterocycles. The highest BCUT2D eigenvalue weighted by atomic mass is 16.5. The van der Waals surface area contributed by atoms with Gasteiger partial charge in [0.1, 0.15) is 0 Å². The number of carbonyl (C=O) groups excluding carboxylic acids is 1. The molecule has 0 bridgehead atoms. The maximum atomic E-state index is 12.8. The minimum Gasteiger partial charge on any atom is -0.379 e. The molecular formula is C21H26N2O2. The molecule has 2 aromatic rings. The van der Waals surface area contributed by atoms with Crippen LogP contribution in [0.3, 0.4) is 0 Å². The Bertz CT molecular complexity index is 707. The molecule has 1 aliphatic rings. The summed E-state index contributed by atoms with van der Waals surface area (Å²) in [5.74, 6) is -0.0270. The van der Waals surface area contributed by atoms with E-state index in [-0.39, 0.29) is 11.4 Å². The number of carbonyl (C=O) groups is 1. The second kappa shape index (κ2) is 7.81. The van der Waals surface area contributed by atoms with Crippen molar-refractivity contribution in [2.24, 2.45) is 0 Å². The lowest BCUT2D eigenvalue weighted by Crippen LogP contribution is -2.55. The fourth-order valence-corrected chi connectivity index (χ4v) is 3.22. The predicted octanol–water partition coefficient (Wildman–Crippen LogP) is 3.19. The molecule has 0 radical (unpaired) electrons. The molecule has 1 amide bonds. The van der Waals surface area contributed by atoms with Crippen LogP contribution in [0.4, 0.5) is 0 Å². The number of nitrogens with zero attached hydrogens (tertiary/aromatic N) is 1. The van der Waals surface area contributed by atoms with Crippen LogP contribution in [0.5, 0.6) is 0 Å². The smallest absolute Gasteiger partial charge is 0.251 e. The molecule has 25 heavy (non-hydrogen) atoms. The zero-order chi connectivity index (χ0) is 17.7. The van der Waals surface area contributed by atoms with Crippen LogP contribution in [0.25, 0.3) is 11.1 Å². The minimum absolute atomic E-state index is 0.0270. The Balaban J connectivity index is 1.72. The molecule has 4 heteroatoms. The van der Waals surface area contributed by atoms with Gasteiger partial charge in [0.15, 0.2) is 0 Å². The highest BCUT2D eigenvalue weighted by Crippen LogP contribution is 2.23. The summed E-state index contributed by atoms with van der Waals surface area (Å²) in [5, 5.41) is 3.13. The molecule has 4 nitrogen and oxygen atoms in total. The lowest BCUT2D eigenvalue weighted by atomic mass is 9.98. The van der Waals surface area contributed by atoms with Crippen molar-refractivity contribution < 1.29 is 9.53 Å². The number of hydrogen-bond acceptors (Lipinski definition) is 3. The predicted molar refractivity (Wildman–Crippen MR) is 101 cm³/mol. The summed E-state index contributed by atoms with van der Waals surface area (Å²) in [6.07, 6.45) is 0. The van der Waals surface area contributed by atoms with Crippen molar-refractivity contribution in [1.29, 1.82) is 0 Å². The van der Waals surface area contributed by atoms with Gasteiger partial charge >= 0.3 is 0 Å². The van der Waals surface area contributed by atoms with Gasteiger partial charge in [-0.25, -0.2) is 0 Å². The van der Waals surface area contributed by atoms with Crippen molar-refractivity contribution >= 4 is 5.91 Å². The number of benzene rings is 2. The molecule has 1 heterocycles. The maximum absolute atomic E-state index is 12.8. The number of ether oxygens (including phenoxy) is 1. The molecular weight excluding hydrogens is 312 g/mol. The largest absolute Gasteiger partial charge is 0.379 e. The molecule has 0 atom stereocenters. The average molecular weight is 338 g/mol. The Labute approximate surface area is 149 Å². The summed E-state index contributed by atoms with van der Waals surface area (Å²) in [4.78, 5) is 15.2. The van der Waals surface area contributed by atoms with Gasteiger partial charge in [-0.1, -0.05) is 48.5 Å². The van der Waals surface area contributed by atoms with Crippen molar-refractivity contribution in [3.05, 3.63) is 60.2 Å². The first-order valence-electron chi connectivity index (χ1n) is 8.83. The van der Waals surface area contributed by atoms with Crippen molar-refractivity contribution in [1.82, 2.24) is 10.2 Å². The third-order valence-corrected chi connectivity index (χ3v) is 4.81. The van der Waals surface area contributed by atoms with Crippen LogP contribution in [0.15, 0.2) is 54.6 Å². The van der Waals surface area contributed by atoms with E-state index in [1.807, 2.05) is 54.6 Å². The van der Waals surface area contributed by atoms with Crippen molar-refractivity contribution in [3.63, 3.8) is 0 Å². The van der Waals surface area contributed by atoms with Crippen LogP contribution in [0, 0.1) is 0 Å². The van der Waals surface area contributed by atoms with E-state index < -0.39 is 0 Å². The van der Waals surface area contributed by atoms with E-state index in [1.165, 1.54) is 0 Å². The molecule has 132 valence electrons. The molecule has 0 spiro atoms. The lowest BCUT2D eigenvalue weighted by Gasteiger charge is -2.40. The van der Waals surface area contributed by atoms with Crippen molar-refractivity contribution in [2.45, 2.75) is 19.4 Å². The van der Waals surface area contributed by atoms with Crippen LogP contribution in [0.2, 0.25) is 0 Å². The Morgan fingerprint density at radius 1 is 1.04 bits per heavy atom. The molecule has 0 saturated carbocycles. The van der Waals surface area contributed by atoms with E-state index >= 15 is 0 Å². The highest BCUT2D eigenvalue weighted by molar-refractivity contribution is 6.00. The second-order valence-corrected chi connectivity index (χ2v) is 7.01. The van der Waals surface area contributed by atoms with Gasteiger partial charge in [0.25, 0.3) is 5.91 Å². The molecule has 0 aromatic heterocycles. The van der Waals surface area contributed by atoms with Gasteiger partial charge in [-0.05, 0) is 31.0 Å². The maximum Gasteiger partial charge on any atom is 0.251 e. The fraction of sp³-hybridized carbons (Fsp3) is 0.381. The standard InChI is InChI=1S/C21H26N2O2/c1-21(2,23-12-14-25-15-13-23)16-22-20(24)19-11-7-6-10-18(19)17-8-4-3-5-9-17/h3-11H,12-16H2,1-2H3,(H,22,24). The van der Waals surface area contributed by atoms with E-state index in [0.717, 1.165) is 37.4 Å². The monoisotopic (exact) mass is 338 g/mol. The molecule has 3 rings (SSSR count). The molecule has 1 aliphatic heterocycles. The minimum atomic E-state index is -0.0961. The van der Waals surface area contributed by atoms with Crippen LogP contribution < -0.4 is 5.32 Å². The number of amides is 1. The van der Waals surface area contributed by atoms with Crippen molar-refractivity contribution in [2.75, 3.05) is 32.8 Å². The summed E-state index contributed by atoms with van der Waals surface area (Å²) < 4.78 is 5.43. The lowest BCUT2D eigenvalue weighted by molar-refractivity contribution is -0.00923. The zero-order valence-corrected chi connectivity index (χ0v) is 15.0. The van der Waals surface area contributed by atoms with E-state index in [2.05, 4.69) is 24.1 Å². The first-order valence-corrected chi connectivity index (χ1v) is 8.83. The van der Waals surface area contributed by atoms with Gasteiger partial charge in [0.2, 0.25) is 0 Å². The van der Waals surface area contributed by atoms with E-state index in [4.69, 9.17) is 4.74 Å². The zero-order valence-electron chi connectivity index (χ0n) is 15.0. The van der Waals surface area contributed by atoms with Crippen LogP contribution in [0.1, 0.15) is 24.2 Å². The molecule has 1 fully saturated rings. The second-order valence-electron chi connectivity index (χ2n) is 7.01. The Morgan fingerprint density at radius 3 is 2.40 bits per heavy atom.